The lowest BCUT2D eigenvalue weighted by Gasteiger charge is -2.38. The number of amides is 18. The second-order valence-corrected chi connectivity index (χ2v) is 47.1. The minimum absolute atomic E-state index is 0.0392. The van der Waals surface area contributed by atoms with E-state index in [1.54, 1.807) is 41.5 Å². The summed E-state index contributed by atoms with van der Waals surface area (Å²) >= 11 is 0. The third-order valence-electron chi connectivity index (χ3n) is 28.8. The van der Waals surface area contributed by atoms with E-state index in [-0.39, 0.29) is 139 Å². The van der Waals surface area contributed by atoms with E-state index in [0.717, 1.165) is 38.5 Å². The Morgan fingerprint density at radius 2 is 0.617 bits per heavy atom. The molecule has 3 unspecified atom stereocenters. The minimum atomic E-state index is -1.00. The van der Waals surface area contributed by atoms with Gasteiger partial charge in [-0.25, -0.2) is 28.8 Å². The number of Topliss-reactive ketones (excluding diaryl/α,β-unsaturated/α-hetero) is 3. The van der Waals surface area contributed by atoms with Gasteiger partial charge in [-0.15, -0.1) is 19.7 Å². The molecule has 9 rings (SSSR count). The molecule has 792 valence electrons. The van der Waals surface area contributed by atoms with Crippen LogP contribution in [0.15, 0.2) is 38.0 Å². The molecule has 15 N–H and O–H groups in total. The highest BCUT2D eigenvalue weighted by molar-refractivity contribution is 6.39. The standard InChI is InChI=1S/C35H58N6O7.C34H56N6O7.C33H54N6O7/c1-12-15-36-29(44)26(42)22(16-20-13-14-20)38-28(43)25-24-21(35(24,10)11)18-41(25)30(45)27(33(4,5)6)40-31(46)39-23(19(2)3)17-37-32(47)48-34(7,8)9;1-11-14-35-29(43)26(41)22(15-20-12-13-20)37-28(42)25-24-21(34(24,9)10)17-40(25)30(44)27(33(6,7)8)39-31(45)38-23(18(2)3)16-36-32(46)47-19(4)5;1-10-14-34-28(42)25(40)21(15-19-12-13-19)36-27(41)24-23-20(33(23,8)9)17-39(24)29(43)26(32(5,6)7)38-30(44)37-22(18(3)4)16-35-31(45)46-11-2/h12,19-25,27H,1,13-18H2,2-11H3,(H,36,44)(H,37,47)(H,38,43)(H2,39,40,46);11,18-25,27H,1,12-17H2,2-10H3,(H,35,43)(H,36,46)(H,37,42)(H2,38,39,45);10,18-24,26H,1,11-17H2,2-9H3,(H,34,42)(H,35,45)(H,36,41)(H2,37,38,44)/t2*21-,22?,23+,24-,25-,27+;20-,21?,22+,23-,24-,26+/m000/s1. The minimum Gasteiger partial charge on any atom is -0.450 e. The normalized spacial score (nSPS) is 23.2. The van der Waals surface area contributed by atoms with Crippen LogP contribution in [0.4, 0.5) is 28.8 Å². The van der Waals surface area contributed by atoms with Crippen LogP contribution in [-0.2, 0) is 71.7 Å². The second-order valence-electron chi connectivity index (χ2n) is 47.1. The van der Waals surface area contributed by atoms with E-state index in [4.69, 9.17) is 14.2 Å². The predicted molar refractivity (Wildman–Crippen MR) is 531 cm³/mol. The number of piperidine rings is 3. The number of rotatable bonds is 44. The molecule has 3 saturated heterocycles. The van der Waals surface area contributed by atoms with Gasteiger partial charge in [0.2, 0.25) is 52.8 Å². The Hall–Kier alpha value is -10.9. The number of carbonyl (C=O) groups is 18. The SMILES string of the molecule is C=CCNC(=O)C(=O)C(CC1CC1)NC(=O)[C@@H]1[C@@H]2[C@H](CN1C(=O)[C@@H](NC(=O)N[C@H](CNC(=O)OC(C)(C)C)C(C)C)C(C)(C)C)C2(C)C.C=CCNC(=O)C(=O)C(CC1CC1)NC(=O)[C@@H]1[C@@H]2[C@H](CN1C(=O)[C@@H](NC(=O)N[C@H](CNC(=O)OC(C)C)C(C)C)C(C)(C)C)C2(C)C.C=CCNC(=O)C(=O)C(CC1CC1)NC(=O)[C@@H]1[C@@H]2[C@H](CN1C(=O)[C@@H](NC(=O)N[C@H](CNC(=O)OCC)C(C)C)C(C)(C)C)C2(C)C. The molecule has 39 nitrogen and oxygen atoms in total. The average Bonchev–Trinajstić information content (AvgIpc) is 1.53. The zero-order chi connectivity index (χ0) is 106. The Kier molecular flexibility index (Phi) is 40.2. The maximum absolute atomic E-state index is 14.3. The fraction of sp³-hybridized carbons (Fsp3) is 0.765. The van der Waals surface area contributed by atoms with Crippen molar-refractivity contribution in [3.8, 4) is 0 Å². The Morgan fingerprint density at radius 3 is 0.837 bits per heavy atom. The third kappa shape index (κ3) is 32.5. The second kappa shape index (κ2) is 48.4. The number of nitrogens with zero attached hydrogens (tertiary/aromatic N) is 3. The average molecular weight is 1980 g/mol. The van der Waals surface area contributed by atoms with E-state index in [1.807, 2.05) is 104 Å². The van der Waals surface area contributed by atoms with Gasteiger partial charge in [-0.1, -0.05) is 202 Å². The van der Waals surface area contributed by atoms with Crippen LogP contribution in [0.1, 0.15) is 245 Å². The number of ketones is 3. The van der Waals surface area contributed by atoms with Crippen molar-refractivity contribution in [3.05, 3.63) is 38.0 Å². The lowest BCUT2D eigenvalue weighted by molar-refractivity contribution is -0.145. The molecular formula is C102H168N18O21. The Labute approximate surface area is 833 Å². The molecule has 9 aliphatic rings. The fourth-order valence-electron chi connectivity index (χ4n) is 19.4. The Morgan fingerprint density at radius 1 is 0.362 bits per heavy atom. The summed E-state index contributed by atoms with van der Waals surface area (Å²) < 4.78 is 15.3. The lowest BCUT2D eigenvalue weighted by Crippen LogP contribution is -2.62. The van der Waals surface area contributed by atoms with Gasteiger partial charge in [-0.2, -0.15) is 0 Å². The molecule has 3 aliphatic heterocycles. The smallest absolute Gasteiger partial charge is 0.407 e. The van der Waals surface area contributed by atoms with E-state index < -0.39 is 201 Å². The fourth-order valence-corrected chi connectivity index (χ4v) is 19.4. The van der Waals surface area contributed by atoms with Gasteiger partial charge in [-0.05, 0) is 164 Å². The molecule has 6 aliphatic carbocycles. The van der Waals surface area contributed by atoms with Gasteiger partial charge >= 0.3 is 36.4 Å². The van der Waals surface area contributed by atoms with Crippen molar-refractivity contribution in [2.75, 3.05) is 65.5 Å². The first-order valence-electron chi connectivity index (χ1n) is 50.4. The molecule has 0 spiro atoms. The highest BCUT2D eigenvalue weighted by Crippen LogP contribution is 2.67. The Balaban J connectivity index is 0.000000287. The zero-order valence-corrected chi connectivity index (χ0v) is 88.6. The van der Waals surface area contributed by atoms with Crippen molar-refractivity contribution >= 4 is 107 Å². The summed E-state index contributed by atoms with van der Waals surface area (Å²) in [5.74, 6) is -6.65. The molecule has 0 radical (unpaired) electrons. The molecular weight excluding hydrogens is 1810 g/mol. The predicted octanol–water partition coefficient (Wildman–Crippen LogP) is 7.50. The van der Waals surface area contributed by atoms with Crippen LogP contribution >= 0.6 is 0 Å². The number of alkyl carbamates (subject to hydrolysis) is 3. The molecule has 0 aromatic carbocycles. The van der Waals surface area contributed by atoms with Crippen LogP contribution in [-0.4, -0.2) is 271 Å². The van der Waals surface area contributed by atoms with Crippen LogP contribution in [0.25, 0.3) is 0 Å². The third-order valence-corrected chi connectivity index (χ3v) is 28.8. The van der Waals surface area contributed by atoms with Crippen LogP contribution in [0.3, 0.4) is 0 Å². The van der Waals surface area contributed by atoms with Gasteiger partial charge in [-0.3, -0.25) is 57.5 Å². The molecule has 0 aromatic heterocycles. The molecule has 9 fully saturated rings. The summed E-state index contributed by atoms with van der Waals surface area (Å²) in [6.45, 7) is 63.4. The summed E-state index contributed by atoms with van der Waals surface area (Å²) in [4.78, 5) is 242. The number of carbonyl (C=O) groups excluding carboxylic acids is 18. The highest BCUT2D eigenvalue weighted by Gasteiger charge is 2.73. The number of hydrogen-bond donors (Lipinski definition) is 15. The first-order valence-corrected chi connectivity index (χ1v) is 50.4. The van der Waals surface area contributed by atoms with Gasteiger partial charge in [0.15, 0.2) is 0 Å². The number of hydrogen-bond acceptors (Lipinski definition) is 21. The zero-order valence-electron chi connectivity index (χ0n) is 88.6. The maximum Gasteiger partial charge on any atom is 0.407 e. The largest absolute Gasteiger partial charge is 0.450 e. The molecule has 0 bridgehead atoms. The van der Waals surface area contributed by atoms with E-state index in [0.29, 0.717) is 38.9 Å². The van der Waals surface area contributed by atoms with Crippen molar-refractivity contribution in [2.24, 2.45) is 104 Å². The monoisotopic (exact) mass is 1980 g/mol. The molecule has 39 heteroatoms. The van der Waals surface area contributed by atoms with Crippen molar-refractivity contribution in [3.63, 3.8) is 0 Å². The van der Waals surface area contributed by atoms with Crippen molar-refractivity contribution in [2.45, 2.75) is 329 Å². The van der Waals surface area contributed by atoms with Crippen molar-refractivity contribution in [1.29, 1.82) is 0 Å². The van der Waals surface area contributed by atoms with E-state index in [2.05, 4.69) is 141 Å². The quantitative estimate of drug-likeness (QED) is 0.0159. The lowest BCUT2D eigenvalue weighted by atomic mass is 9.85. The first-order chi connectivity index (χ1) is 65.3. The van der Waals surface area contributed by atoms with E-state index >= 15 is 0 Å². The molecule has 18 atom stereocenters. The summed E-state index contributed by atoms with van der Waals surface area (Å²) in [5.41, 5.74) is -3.41. The number of urea groups is 3. The van der Waals surface area contributed by atoms with Gasteiger partial charge < -0.3 is 109 Å². The van der Waals surface area contributed by atoms with E-state index in [9.17, 15) is 86.3 Å². The Bertz CT molecular complexity index is 4560. The molecule has 0 aromatic rings. The van der Waals surface area contributed by atoms with Crippen molar-refractivity contribution < 1.29 is 101 Å². The first kappa shape index (κ1) is 117. The topological polar surface area (TPSA) is 525 Å². The number of likely N-dealkylation sites (tertiary alicyclic amines) is 3. The van der Waals surface area contributed by atoms with Gasteiger partial charge in [0, 0.05) is 58.9 Å². The van der Waals surface area contributed by atoms with E-state index in [1.165, 1.54) is 32.9 Å². The molecule has 18 amide bonds. The summed E-state index contributed by atoms with van der Waals surface area (Å²) in [6.07, 6.45) is 8.99. The molecule has 6 saturated carbocycles. The van der Waals surface area contributed by atoms with Crippen LogP contribution in [0.2, 0.25) is 0 Å². The number of ether oxygens (including phenoxy) is 3. The molecule has 141 heavy (non-hydrogen) atoms. The maximum atomic E-state index is 14.3. The molecule has 3 heterocycles. The van der Waals surface area contributed by atoms with Gasteiger partial charge in [0.25, 0.3) is 17.7 Å². The number of fused-ring (bicyclic) bond motifs is 3. The summed E-state index contributed by atoms with van der Waals surface area (Å²) in [6, 6.07) is -11.6. The van der Waals surface area contributed by atoms with Crippen LogP contribution < -0.4 is 79.8 Å². The summed E-state index contributed by atoms with van der Waals surface area (Å²) in [5, 5.41) is 41.2. The van der Waals surface area contributed by atoms with Crippen LogP contribution in [0.5, 0.6) is 0 Å². The highest BCUT2D eigenvalue weighted by atomic mass is 16.6. The number of nitrogens with one attached hydrogen (secondary N) is 15. The van der Waals surface area contributed by atoms with Gasteiger partial charge in [0.05, 0.1) is 49.0 Å². The van der Waals surface area contributed by atoms with Crippen LogP contribution in [0, 0.1) is 104 Å². The van der Waals surface area contributed by atoms with Crippen molar-refractivity contribution in [1.82, 2.24) is 94.5 Å². The summed E-state index contributed by atoms with van der Waals surface area (Å²) in [7, 11) is 0. The van der Waals surface area contributed by atoms with Gasteiger partial charge in [0.1, 0.15) is 41.9 Å².